The van der Waals surface area contributed by atoms with Crippen molar-refractivity contribution >= 4 is 35.2 Å². The second kappa shape index (κ2) is 17.4. The smallest absolute Gasteiger partial charge is 0.422 e. The van der Waals surface area contributed by atoms with Crippen molar-refractivity contribution in [3.63, 3.8) is 0 Å². The molecule has 50 heavy (non-hydrogen) atoms. The summed E-state index contributed by atoms with van der Waals surface area (Å²) in [6.45, 7) is 5.64. The first-order chi connectivity index (χ1) is 23.7. The topological polar surface area (TPSA) is 154 Å². The van der Waals surface area contributed by atoms with Gasteiger partial charge in [-0.3, -0.25) is 4.79 Å². The Morgan fingerprint density at radius 3 is 2.42 bits per heavy atom. The van der Waals surface area contributed by atoms with Gasteiger partial charge >= 0.3 is 6.18 Å². The molecule has 0 saturated heterocycles. The number of guanidine groups is 1. The van der Waals surface area contributed by atoms with E-state index < -0.39 is 18.8 Å². The summed E-state index contributed by atoms with van der Waals surface area (Å²) in [7, 11) is 0. The van der Waals surface area contributed by atoms with Crippen molar-refractivity contribution in [3.05, 3.63) is 94.5 Å². The molecule has 1 aliphatic carbocycles. The summed E-state index contributed by atoms with van der Waals surface area (Å²) in [6.07, 6.45) is -3.12. The number of nitrogens with zero attached hydrogens (tertiary/aromatic N) is 3. The maximum atomic E-state index is 13.8. The number of amides is 1. The molecule has 0 radical (unpaired) electrons. The molecule has 0 aromatic heterocycles. The van der Waals surface area contributed by atoms with E-state index >= 15 is 0 Å². The van der Waals surface area contributed by atoms with Gasteiger partial charge < -0.3 is 36.9 Å². The minimum Gasteiger partial charge on any atom is -0.492 e. The van der Waals surface area contributed by atoms with Crippen LogP contribution in [0.3, 0.4) is 0 Å². The fraction of sp³-hybridized carbons (Fsp3) is 0.417. The Morgan fingerprint density at radius 1 is 1.04 bits per heavy atom. The molecule has 2 unspecified atom stereocenters. The number of alkyl halides is 3. The molecule has 1 fully saturated rings. The molecule has 10 nitrogen and oxygen atoms in total. The zero-order chi connectivity index (χ0) is 36.3. The first-order valence-electron chi connectivity index (χ1n) is 16.3. The average molecular weight is 716 g/mol. The predicted octanol–water partition coefficient (Wildman–Crippen LogP) is 5.85. The number of ether oxygens (including phenoxy) is 2. The average Bonchev–Trinajstić information content (AvgIpc) is 3.87. The molecule has 2 atom stereocenters. The molecule has 14 heteroatoms. The quantitative estimate of drug-likeness (QED) is 0.0628. The van der Waals surface area contributed by atoms with Crippen LogP contribution in [0.4, 0.5) is 18.9 Å². The largest absolute Gasteiger partial charge is 0.492 e. The lowest BCUT2D eigenvalue weighted by molar-refractivity contribution is -0.156. The highest BCUT2D eigenvalue weighted by atomic mass is 35.5. The van der Waals surface area contributed by atoms with Gasteiger partial charge in [-0.1, -0.05) is 74.0 Å². The fourth-order valence-corrected chi connectivity index (χ4v) is 5.76. The number of halogens is 4. The van der Waals surface area contributed by atoms with E-state index in [1.54, 1.807) is 18.2 Å². The molecule has 4 rings (SSSR count). The highest BCUT2D eigenvalue weighted by molar-refractivity contribution is 6.32. The van der Waals surface area contributed by atoms with E-state index in [4.69, 9.17) is 33.5 Å². The number of nitrogens with two attached hydrogens (primary N) is 3. The highest BCUT2D eigenvalue weighted by Crippen LogP contribution is 2.48. The third kappa shape index (κ3) is 12.8. The van der Waals surface area contributed by atoms with Gasteiger partial charge in [0.05, 0.1) is 18.2 Å². The van der Waals surface area contributed by atoms with Gasteiger partial charge in [0.25, 0.3) is 6.02 Å². The fourth-order valence-electron chi connectivity index (χ4n) is 5.50. The number of nitrogen functional groups attached to an aromatic ring is 1. The molecular weight excluding hydrogens is 671 g/mol. The van der Waals surface area contributed by atoms with Gasteiger partial charge in [0.15, 0.2) is 6.61 Å². The Kier molecular flexibility index (Phi) is 13.4. The van der Waals surface area contributed by atoms with Crippen LogP contribution in [-0.4, -0.2) is 61.8 Å². The standard InChI is InChI=1S/C36H45ClF3N7O3/c1-35(2,21-44-19-24-9-12-27(41)13-10-24)22-47(32(48)29-18-28(29)26-7-4-3-5-8-26)15-6-16-49-31-14-11-25(17-30(31)37)20-45-33(42)46-34(43)50-23-36(38,39)40/h3-5,7-14,17,28-29,44H,6,15-16,18-23,41H2,1-2H3,(H4,42,43,45,46). The Balaban J connectivity index is 1.31. The zero-order valence-corrected chi connectivity index (χ0v) is 29.0. The Bertz CT molecular complexity index is 1620. The number of hydrogen-bond acceptors (Lipinski definition) is 6. The second-order valence-electron chi connectivity index (χ2n) is 13.1. The zero-order valence-electron chi connectivity index (χ0n) is 28.3. The number of hydrogen-bond donors (Lipinski definition) is 4. The van der Waals surface area contributed by atoms with Crippen LogP contribution < -0.4 is 27.3 Å². The van der Waals surface area contributed by atoms with Crippen molar-refractivity contribution in [2.24, 2.45) is 32.8 Å². The van der Waals surface area contributed by atoms with Gasteiger partial charge in [-0.15, -0.1) is 0 Å². The monoisotopic (exact) mass is 715 g/mol. The van der Waals surface area contributed by atoms with Gasteiger partial charge in [0.2, 0.25) is 11.9 Å². The van der Waals surface area contributed by atoms with E-state index in [2.05, 4.69) is 46.0 Å². The number of aliphatic imine (C=N–C) groups is 2. The number of carbonyl (C=O) groups excluding carboxylic acids is 1. The second-order valence-corrected chi connectivity index (χ2v) is 13.5. The Labute approximate surface area is 295 Å². The van der Waals surface area contributed by atoms with Crippen LogP contribution in [-0.2, 0) is 22.6 Å². The van der Waals surface area contributed by atoms with Gasteiger partial charge in [0.1, 0.15) is 5.75 Å². The van der Waals surface area contributed by atoms with Gasteiger partial charge in [-0.25, -0.2) is 4.99 Å². The minimum atomic E-state index is -4.56. The van der Waals surface area contributed by atoms with Crippen LogP contribution in [0.5, 0.6) is 5.75 Å². The van der Waals surface area contributed by atoms with Crippen LogP contribution in [0, 0.1) is 11.3 Å². The van der Waals surface area contributed by atoms with Crippen LogP contribution in [0.1, 0.15) is 49.3 Å². The molecule has 270 valence electrons. The normalized spacial score (nSPS) is 16.6. The number of nitrogens with one attached hydrogen (secondary N) is 1. The lowest BCUT2D eigenvalue weighted by Gasteiger charge is -2.33. The molecule has 1 aliphatic rings. The number of benzene rings is 3. The van der Waals surface area contributed by atoms with Crippen LogP contribution in [0.15, 0.2) is 82.8 Å². The number of amidine groups is 1. The lowest BCUT2D eigenvalue weighted by atomic mass is 9.92. The van der Waals surface area contributed by atoms with Crippen molar-refractivity contribution in [3.8, 4) is 5.75 Å². The molecule has 0 spiro atoms. The summed E-state index contributed by atoms with van der Waals surface area (Å²) < 4.78 is 47.1. The van der Waals surface area contributed by atoms with E-state index in [-0.39, 0.29) is 35.7 Å². The number of anilines is 1. The van der Waals surface area contributed by atoms with Gasteiger partial charge in [-0.2, -0.15) is 18.2 Å². The molecule has 7 N–H and O–H groups in total. The minimum absolute atomic E-state index is 0.0370. The van der Waals surface area contributed by atoms with Crippen LogP contribution in [0.25, 0.3) is 0 Å². The summed E-state index contributed by atoms with van der Waals surface area (Å²) in [5, 5.41) is 3.88. The van der Waals surface area contributed by atoms with E-state index in [9.17, 15) is 18.0 Å². The molecule has 0 bridgehead atoms. The maximum Gasteiger partial charge on any atom is 0.422 e. The molecule has 3 aromatic carbocycles. The Hall–Kier alpha value is -4.49. The third-order valence-electron chi connectivity index (χ3n) is 8.04. The summed E-state index contributed by atoms with van der Waals surface area (Å²) in [5.74, 6) is 0.475. The number of carbonyl (C=O) groups is 1. The summed E-state index contributed by atoms with van der Waals surface area (Å²) >= 11 is 6.46. The van der Waals surface area contributed by atoms with Crippen molar-refractivity contribution in [1.82, 2.24) is 10.2 Å². The summed E-state index contributed by atoms with van der Waals surface area (Å²) in [4.78, 5) is 23.3. The van der Waals surface area contributed by atoms with Crippen molar-refractivity contribution in [2.45, 2.75) is 51.9 Å². The van der Waals surface area contributed by atoms with Crippen molar-refractivity contribution < 1.29 is 27.4 Å². The van der Waals surface area contributed by atoms with E-state index in [1.807, 2.05) is 47.4 Å². The molecular formula is C36H45ClF3N7O3. The molecule has 1 saturated carbocycles. The van der Waals surface area contributed by atoms with Crippen LogP contribution >= 0.6 is 11.6 Å². The highest BCUT2D eigenvalue weighted by Gasteiger charge is 2.46. The summed E-state index contributed by atoms with van der Waals surface area (Å²) in [5.41, 5.74) is 20.3. The molecule has 1 amide bonds. The molecule has 0 aliphatic heterocycles. The SMILES string of the molecule is CC(C)(CNCc1ccc(N)cc1)CN(CCCOc1ccc(CN=C(N)N=C(N)OCC(F)(F)F)cc1Cl)C(=O)C1CC1c1ccccc1. The van der Waals surface area contributed by atoms with E-state index in [1.165, 1.54) is 5.56 Å². The molecule has 3 aromatic rings. The summed E-state index contributed by atoms with van der Waals surface area (Å²) in [6, 6.07) is 22.3. The predicted molar refractivity (Wildman–Crippen MR) is 191 cm³/mol. The van der Waals surface area contributed by atoms with Crippen LogP contribution in [0.2, 0.25) is 5.02 Å². The maximum absolute atomic E-state index is 13.8. The van der Waals surface area contributed by atoms with Gasteiger partial charge in [-0.05, 0) is 65.1 Å². The van der Waals surface area contributed by atoms with E-state index in [0.717, 1.165) is 17.7 Å². The number of rotatable bonds is 16. The van der Waals surface area contributed by atoms with Crippen molar-refractivity contribution in [1.29, 1.82) is 0 Å². The third-order valence-corrected chi connectivity index (χ3v) is 8.33. The van der Waals surface area contributed by atoms with Gasteiger partial charge in [0, 0.05) is 37.8 Å². The lowest BCUT2D eigenvalue weighted by Crippen LogP contribution is -2.44. The Morgan fingerprint density at radius 2 is 1.74 bits per heavy atom. The first-order valence-corrected chi connectivity index (χ1v) is 16.7. The first kappa shape index (κ1) is 38.3. The molecule has 0 heterocycles. The van der Waals surface area contributed by atoms with Crippen molar-refractivity contribution in [2.75, 3.05) is 38.6 Å². The van der Waals surface area contributed by atoms with E-state index in [0.29, 0.717) is 55.5 Å².